The van der Waals surface area contributed by atoms with E-state index in [4.69, 9.17) is 6.42 Å². The van der Waals surface area contributed by atoms with Gasteiger partial charge in [-0.2, -0.15) is 0 Å². The van der Waals surface area contributed by atoms with Gasteiger partial charge < -0.3 is 9.80 Å². The van der Waals surface area contributed by atoms with Crippen molar-refractivity contribution < 1.29 is 0 Å². The minimum Gasteiger partial charge on any atom is -0.304 e. The van der Waals surface area contributed by atoms with Crippen molar-refractivity contribution in [3.05, 3.63) is 0 Å². The first-order valence-electron chi connectivity index (χ1n) is 5.17. The molecule has 0 unspecified atom stereocenters. The smallest absolute Gasteiger partial charge is 0.0110 e. The standard InChI is InChI=1S/C11H20N2/c1-3-4-5-6-7-13-10-8-12(2)9-11-13/h1H,4-11H2,2H3. The van der Waals surface area contributed by atoms with Crippen LogP contribution in [-0.2, 0) is 0 Å². The van der Waals surface area contributed by atoms with Crippen molar-refractivity contribution >= 4 is 0 Å². The summed E-state index contributed by atoms with van der Waals surface area (Å²) in [4.78, 5) is 4.93. The summed E-state index contributed by atoms with van der Waals surface area (Å²) >= 11 is 0. The van der Waals surface area contributed by atoms with Gasteiger partial charge in [-0.15, -0.1) is 12.3 Å². The Morgan fingerprint density at radius 3 is 2.46 bits per heavy atom. The monoisotopic (exact) mass is 180 g/mol. The van der Waals surface area contributed by atoms with Gasteiger partial charge in [0.05, 0.1) is 0 Å². The van der Waals surface area contributed by atoms with Crippen LogP contribution in [0.25, 0.3) is 0 Å². The lowest BCUT2D eigenvalue weighted by atomic mass is 10.2. The van der Waals surface area contributed by atoms with Gasteiger partial charge >= 0.3 is 0 Å². The minimum atomic E-state index is 0.938. The molecule has 0 radical (unpaired) electrons. The van der Waals surface area contributed by atoms with Crippen LogP contribution in [0.4, 0.5) is 0 Å². The number of piperazine rings is 1. The lowest BCUT2D eigenvalue weighted by molar-refractivity contribution is 0.152. The van der Waals surface area contributed by atoms with Crippen LogP contribution in [0.3, 0.4) is 0 Å². The lowest BCUT2D eigenvalue weighted by Gasteiger charge is -2.32. The molecular weight excluding hydrogens is 160 g/mol. The van der Waals surface area contributed by atoms with E-state index in [-0.39, 0.29) is 0 Å². The van der Waals surface area contributed by atoms with Gasteiger partial charge in [0.2, 0.25) is 0 Å². The maximum atomic E-state index is 5.20. The molecule has 0 bridgehead atoms. The van der Waals surface area contributed by atoms with E-state index in [1.807, 2.05) is 0 Å². The molecule has 1 heterocycles. The lowest BCUT2D eigenvalue weighted by Crippen LogP contribution is -2.44. The van der Waals surface area contributed by atoms with Gasteiger partial charge in [-0.05, 0) is 26.4 Å². The molecule has 0 N–H and O–H groups in total. The average Bonchev–Trinajstić information content (AvgIpc) is 2.15. The van der Waals surface area contributed by atoms with Crippen molar-refractivity contribution in [2.75, 3.05) is 39.8 Å². The second-order valence-electron chi connectivity index (χ2n) is 3.81. The summed E-state index contributed by atoms with van der Waals surface area (Å²) in [7, 11) is 2.19. The molecule has 0 aliphatic carbocycles. The molecule has 0 amide bonds. The number of hydrogen-bond acceptors (Lipinski definition) is 2. The molecule has 0 atom stereocenters. The quantitative estimate of drug-likeness (QED) is 0.471. The van der Waals surface area contributed by atoms with Crippen LogP contribution in [0.2, 0.25) is 0 Å². The summed E-state index contributed by atoms with van der Waals surface area (Å²) in [5.74, 6) is 2.69. The molecule has 1 saturated heterocycles. The van der Waals surface area contributed by atoms with E-state index < -0.39 is 0 Å². The largest absolute Gasteiger partial charge is 0.304 e. The van der Waals surface area contributed by atoms with Gasteiger partial charge in [0.15, 0.2) is 0 Å². The summed E-state index contributed by atoms with van der Waals surface area (Å²) in [6, 6.07) is 0. The predicted octanol–water partition coefficient (Wildman–Crippen LogP) is 1.04. The fraction of sp³-hybridized carbons (Fsp3) is 0.818. The van der Waals surface area contributed by atoms with Crippen molar-refractivity contribution in [2.45, 2.75) is 19.3 Å². The molecule has 0 spiro atoms. The van der Waals surface area contributed by atoms with Crippen molar-refractivity contribution in [1.82, 2.24) is 9.80 Å². The molecule has 0 saturated carbocycles. The molecule has 2 heteroatoms. The van der Waals surface area contributed by atoms with Crippen LogP contribution in [-0.4, -0.2) is 49.6 Å². The summed E-state index contributed by atoms with van der Waals surface area (Å²) in [5, 5.41) is 0. The molecule has 1 fully saturated rings. The van der Waals surface area contributed by atoms with Gasteiger partial charge in [-0.3, -0.25) is 0 Å². The van der Waals surface area contributed by atoms with Crippen LogP contribution in [0.15, 0.2) is 0 Å². The zero-order valence-electron chi connectivity index (χ0n) is 8.63. The number of terminal acetylenes is 1. The van der Waals surface area contributed by atoms with Crippen LogP contribution in [0.5, 0.6) is 0 Å². The zero-order valence-corrected chi connectivity index (χ0v) is 8.63. The second kappa shape index (κ2) is 6.01. The highest BCUT2D eigenvalue weighted by molar-refractivity contribution is 4.83. The maximum absolute atomic E-state index is 5.20. The van der Waals surface area contributed by atoms with Crippen LogP contribution in [0, 0.1) is 12.3 Å². The SMILES string of the molecule is C#CCCCCN1CCN(C)CC1. The summed E-state index contributed by atoms with van der Waals surface area (Å²) in [6.07, 6.45) is 8.58. The Balaban J connectivity index is 2.00. The van der Waals surface area contributed by atoms with E-state index in [0.29, 0.717) is 0 Å². The van der Waals surface area contributed by atoms with Crippen molar-refractivity contribution in [1.29, 1.82) is 0 Å². The molecule has 1 rings (SSSR count). The number of rotatable bonds is 4. The summed E-state index contributed by atoms with van der Waals surface area (Å²) < 4.78 is 0. The van der Waals surface area contributed by atoms with Crippen LogP contribution >= 0.6 is 0 Å². The van der Waals surface area contributed by atoms with E-state index in [2.05, 4.69) is 22.8 Å². The van der Waals surface area contributed by atoms with Crippen molar-refractivity contribution in [3.8, 4) is 12.3 Å². The molecule has 1 aliphatic heterocycles. The zero-order chi connectivity index (χ0) is 9.52. The Kier molecular flexibility index (Phi) is 4.88. The number of unbranched alkanes of at least 4 members (excludes halogenated alkanes) is 2. The van der Waals surface area contributed by atoms with Gasteiger partial charge in [0.1, 0.15) is 0 Å². The normalized spacial score (nSPS) is 20.0. The van der Waals surface area contributed by atoms with E-state index in [1.165, 1.54) is 45.6 Å². The molecular formula is C11H20N2. The molecule has 0 aromatic heterocycles. The third-order valence-corrected chi connectivity index (χ3v) is 2.64. The van der Waals surface area contributed by atoms with Crippen LogP contribution < -0.4 is 0 Å². The first-order chi connectivity index (χ1) is 6.33. The predicted molar refractivity (Wildman–Crippen MR) is 56.6 cm³/mol. The minimum absolute atomic E-state index is 0.938. The molecule has 13 heavy (non-hydrogen) atoms. The second-order valence-corrected chi connectivity index (χ2v) is 3.81. The van der Waals surface area contributed by atoms with E-state index >= 15 is 0 Å². The van der Waals surface area contributed by atoms with E-state index in [9.17, 15) is 0 Å². The summed E-state index contributed by atoms with van der Waals surface area (Å²) in [5.41, 5.74) is 0. The first kappa shape index (κ1) is 10.6. The number of hydrogen-bond donors (Lipinski definition) is 0. The molecule has 2 nitrogen and oxygen atoms in total. The third-order valence-electron chi connectivity index (χ3n) is 2.64. The Bertz CT molecular complexity index is 163. The fourth-order valence-electron chi connectivity index (χ4n) is 1.63. The average molecular weight is 180 g/mol. The third kappa shape index (κ3) is 4.31. The Morgan fingerprint density at radius 2 is 1.85 bits per heavy atom. The number of nitrogens with zero attached hydrogens (tertiary/aromatic N) is 2. The highest BCUT2D eigenvalue weighted by Gasteiger charge is 2.12. The highest BCUT2D eigenvalue weighted by atomic mass is 15.2. The fourth-order valence-corrected chi connectivity index (χ4v) is 1.63. The Morgan fingerprint density at radius 1 is 1.15 bits per heavy atom. The Hall–Kier alpha value is -0.520. The highest BCUT2D eigenvalue weighted by Crippen LogP contribution is 2.02. The van der Waals surface area contributed by atoms with Gasteiger partial charge in [0, 0.05) is 32.6 Å². The van der Waals surface area contributed by atoms with E-state index in [1.54, 1.807) is 0 Å². The van der Waals surface area contributed by atoms with Gasteiger partial charge in [-0.25, -0.2) is 0 Å². The van der Waals surface area contributed by atoms with Crippen molar-refractivity contribution in [3.63, 3.8) is 0 Å². The molecule has 0 aromatic carbocycles. The molecule has 0 aromatic rings. The van der Waals surface area contributed by atoms with Gasteiger partial charge in [-0.1, -0.05) is 0 Å². The first-order valence-corrected chi connectivity index (χ1v) is 5.17. The summed E-state index contributed by atoms with van der Waals surface area (Å²) in [6.45, 7) is 6.12. The van der Waals surface area contributed by atoms with Crippen LogP contribution in [0.1, 0.15) is 19.3 Å². The number of likely N-dealkylation sites (N-methyl/N-ethyl adjacent to an activating group) is 1. The molecule has 74 valence electrons. The Labute approximate surface area is 81.9 Å². The van der Waals surface area contributed by atoms with Crippen molar-refractivity contribution in [2.24, 2.45) is 0 Å². The maximum Gasteiger partial charge on any atom is 0.0110 e. The molecule has 1 aliphatic rings. The van der Waals surface area contributed by atoms with Gasteiger partial charge in [0.25, 0.3) is 0 Å². The van der Waals surface area contributed by atoms with E-state index in [0.717, 1.165) is 6.42 Å². The topological polar surface area (TPSA) is 6.48 Å².